The van der Waals surface area contributed by atoms with E-state index in [0.29, 0.717) is 6.54 Å². The lowest BCUT2D eigenvalue weighted by molar-refractivity contribution is -0.133. The van der Waals surface area contributed by atoms with Crippen molar-refractivity contribution in [2.45, 2.75) is 58.0 Å². The molecule has 4 heteroatoms. The van der Waals surface area contributed by atoms with E-state index in [-0.39, 0.29) is 17.4 Å². The minimum atomic E-state index is -0.179. The zero-order valence-electron chi connectivity index (χ0n) is 12.2. The Hall–Kier alpha value is -0.610. The van der Waals surface area contributed by atoms with Crippen molar-refractivity contribution >= 4 is 5.91 Å². The van der Waals surface area contributed by atoms with E-state index in [9.17, 15) is 4.79 Å². The molecule has 4 nitrogen and oxygen atoms in total. The Morgan fingerprint density at radius 2 is 2.32 bits per heavy atom. The largest absolute Gasteiger partial charge is 0.376 e. The topological polar surface area (TPSA) is 50.4 Å². The van der Waals surface area contributed by atoms with Crippen LogP contribution in [0.3, 0.4) is 0 Å². The Balaban J connectivity index is 1.84. The molecule has 2 fully saturated rings. The molecule has 1 amide bonds. The standard InChI is InChI=1S/C15H28N2O2/c1-2-7-15(8-5-9-16-12-15)14(18)17-11-13-6-3-4-10-19-13/h13,16H,2-12H2,1H3,(H,17,18). The van der Waals surface area contributed by atoms with Crippen molar-refractivity contribution in [3.63, 3.8) is 0 Å². The molecule has 0 bridgehead atoms. The van der Waals surface area contributed by atoms with Crippen molar-refractivity contribution < 1.29 is 9.53 Å². The summed E-state index contributed by atoms with van der Waals surface area (Å²) in [4.78, 5) is 12.5. The van der Waals surface area contributed by atoms with Crippen LogP contribution >= 0.6 is 0 Å². The highest BCUT2D eigenvalue weighted by atomic mass is 16.5. The van der Waals surface area contributed by atoms with Crippen LogP contribution in [-0.4, -0.2) is 38.3 Å². The monoisotopic (exact) mass is 268 g/mol. The van der Waals surface area contributed by atoms with E-state index in [4.69, 9.17) is 4.74 Å². The third-order valence-electron chi connectivity index (χ3n) is 4.45. The molecule has 0 saturated carbocycles. The predicted molar refractivity (Wildman–Crippen MR) is 76.0 cm³/mol. The summed E-state index contributed by atoms with van der Waals surface area (Å²) in [6.07, 6.45) is 7.87. The van der Waals surface area contributed by atoms with Gasteiger partial charge in [-0.05, 0) is 45.1 Å². The maximum Gasteiger partial charge on any atom is 0.227 e. The summed E-state index contributed by atoms with van der Waals surface area (Å²) in [6.45, 7) is 5.57. The fourth-order valence-corrected chi connectivity index (χ4v) is 3.33. The van der Waals surface area contributed by atoms with E-state index >= 15 is 0 Å². The molecule has 2 saturated heterocycles. The van der Waals surface area contributed by atoms with E-state index < -0.39 is 0 Å². The van der Waals surface area contributed by atoms with Gasteiger partial charge in [-0.2, -0.15) is 0 Å². The second-order valence-corrected chi connectivity index (χ2v) is 6.01. The average Bonchev–Trinajstić information content (AvgIpc) is 2.47. The first-order valence-electron chi connectivity index (χ1n) is 7.87. The van der Waals surface area contributed by atoms with Crippen molar-refractivity contribution in [1.29, 1.82) is 0 Å². The molecule has 0 aliphatic carbocycles. The van der Waals surface area contributed by atoms with Gasteiger partial charge in [0.25, 0.3) is 0 Å². The Labute approximate surface area is 116 Å². The van der Waals surface area contributed by atoms with Crippen LogP contribution in [0.4, 0.5) is 0 Å². The van der Waals surface area contributed by atoms with Gasteiger partial charge in [0.1, 0.15) is 0 Å². The van der Waals surface area contributed by atoms with E-state index in [2.05, 4.69) is 17.6 Å². The van der Waals surface area contributed by atoms with Gasteiger partial charge in [0, 0.05) is 19.7 Å². The number of hydrogen-bond donors (Lipinski definition) is 2. The summed E-state index contributed by atoms with van der Waals surface area (Å²) >= 11 is 0. The van der Waals surface area contributed by atoms with Gasteiger partial charge >= 0.3 is 0 Å². The van der Waals surface area contributed by atoms with Gasteiger partial charge in [0.15, 0.2) is 0 Å². The summed E-state index contributed by atoms with van der Waals surface area (Å²) in [7, 11) is 0. The molecule has 2 rings (SSSR count). The zero-order valence-corrected chi connectivity index (χ0v) is 12.2. The number of rotatable bonds is 5. The van der Waals surface area contributed by atoms with Gasteiger partial charge in [-0.15, -0.1) is 0 Å². The van der Waals surface area contributed by atoms with E-state index in [1.807, 2.05) is 0 Å². The molecule has 2 aliphatic rings. The lowest BCUT2D eigenvalue weighted by Crippen LogP contribution is -2.52. The van der Waals surface area contributed by atoms with E-state index in [1.54, 1.807) is 0 Å². The first-order valence-corrected chi connectivity index (χ1v) is 7.87. The van der Waals surface area contributed by atoms with Crippen LogP contribution in [0.2, 0.25) is 0 Å². The molecule has 0 aromatic rings. The minimum Gasteiger partial charge on any atom is -0.376 e. The van der Waals surface area contributed by atoms with Crippen LogP contribution in [-0.2, 0) is 9.53 Å². The quantitative estimate of drug-likeness (QED) is 0.800. The van der Waals surface area contributed by atoms with Crippen LogP contribution < -0.4 is 10.6 Å². The number of piperidine rings is 1. The smallest absolute Gasteiger partial charge is 0.227 e. The summed E-state index contributed by atoms with van der Waals surface area (Å²) in [5, 5.41) is 6.53. The minimum absolute atomic E-state index is 0.179. The molecule has 110 valence electrons. The normalized spacial score (nSPS) is 31.9. The SMILES string of the molecule is CCCC1(C(=O)NCC2CCCCO2)CCCNC1. The van der Waals surface area contributed by atoms with Crippen LogP contribution in [0.1, 0.15) is 51.9 Å². The molecule has 0 aromatic carbocycles. The maximum absolute atomic E-state index is 12.5. The number of ether oxygens (including phenoxy) is 1. The highest BCUT2D eigenvalue weighted by molar-refractivity contribution is 5.83. The zero-order chi connectivity index (χ0) is 13.6. The molecule has 2 N–H and O–H groups in total. The first kappa shape index (κ1) is 14.8. The highest BCUT2D eigenvalue weighted by Crippen LogP contribution is 2.31. The third-order valence-corrected chi connectivity index (χ3v) is 4.45. The van der Waals surface area contributed by atoms with Gasteiger partial charge in [-0.3, -0.25) is 4.79 Å². The predicted octanol–water partition coefficient (Wildman–Crippen LogP) is 1.84. The number of hydrogen-bond acceptors (Lipinski definition) is 3. The van der Waals surface area contributed by atoms with Gasteiger partial charge in [0.05, 0.1) is 11.5 Å². The van der Waals surface area contributed by atoms with Crippen molar-refractivity contribution in [2.75, 3.05) is 26.2 Å². The summed E-state index contributed by atoms with van der Waals surface area (Å²) in [5.74, 6) is 0.232. The van der Waals surface area contributed by atoms with Gasteiger partial charge in [0.2, 0.25) is 5.91 Å². The summed E-state index contributed by atoms with van der Waals surface area (Å²) in [6, 6.07) is 0. The number of carbonyl (C=O) groups excluding carboxylic acids is 1. The molecular formula is C15H28N2O2. The molecule has 0 radical (unpaired) electrons. The number of amides is 1. The van der Waals surface area contributed by atoms with E-state index in [1.165, 1.54) is 6.42 Å². The van der Waals surface area contributed by atoms with Gasteiger partial charge in [-0.25, -0.2) is 0 Å². The lowest BCUT2D eigenvalue weighted by atomic mass is 9.76. The van der Waals surface area contributed by atoms with Crippen molar-refractivity contribution in [1.82, 2.24) is 10.6 Å². The fourth-order valence-electron chi connectivity index (χ4n) is 3.33. The summed E-state index contributed by atoms with van der Waals surface area (Å²) in [5.41, 5.74) is -0.179. The van der Waals surface area contributed by atoms with E-state index in [0.717, 1.165) is 58.2 Å². The van der Waals surface area contributed by atoms with Crippen LogP contribution in [0, 0.1) is 5.41 Å². The highest BCUT2D eigenvalue weighted by Gasteiger charge is 2.38. The van der Waals surface area contributed by atoms with Crippen LogP contribution in [0.15, 0.2) is 0 Å². The number of nitrogens with one attached hydrogen (secondary N) is 2. The Kier molecular flexibility index (Phi) is 5.64. The van der Waals surface area contributed by atoms with Crippen LogP contribution in [0.5, 0.6) is 0 Å². The molecule has 0 aromatic heterocycles. The molecule has 19 heavy (non-hydrogen) atoms. The van der Waals surface area contributed by atoms with Gasteiger partial charge < -0.3 is 15.4 Å². The Morgan fingerprint density at radius 1 is 1.42 bits per heavy atom. The molecule has 2 atom stereocenters. The average molecular weight is 268 g/mol. The second kappa shape index (κ2) is 7.25. The Bertz CT molecular complexity index is 276. The molecule has 2 aliphatic heterocycles. The molecule has 2 heterocycles. The molecular weight excluding hydrogens is 240 g/mol. The second-order valence-electron chi connectivity index (χ2n) is 6.01. The Morgan fingerprint density at radius 3 is 2.95 bits per heavy atom. The van der Waals surface area contributed by atoms with Crippen molar-refractivity contribution in [3.8, 4) is 0 Å². The van der Waals surface area contributed by atoms with Crippen molar-refractivity contribution in [2.24, 2.45) is 5.41 Å². The molecule has 0 spiro atoms. The summed E-state index contributed by atoms with van der Waals surface area (Å²) < 4.78 is 5.68. The number of carbonyl (C=O) groups is 1. The first-order chi connectivity index (χ1) is 9.27. The van der Waals surface area contributed by atoms with Gasteiger partial charge in [-0.1, -0.05) is 13.3 Å². The molecule has 2 unspecified atom stereocenters. The fraction of sp³-hybridized carbons (Fsp3) is 0.933. The lowest BCUT2D eigenvalue weighted by Gasteiger charge is -2.36. The van der Waals surface area contributed by atoms with Crippen molar-refractivity contribution in [3.05, 3.63) is 0 Å². The van der Waals surface area contributed by atoms with Crippen LogP contribution in [0.25, 0.3) is 0 Å². The third kappa shape index (κ3) is 3.93. The maximum atomic E-state index is 12.5.